The summed E-state index contributed by atoms with van der Waals surface area (Å²) in [4.78, 5) is 21.4. The van der Waals surface area contributed by atoms with Gasteiger partial charge < -0.3 is 19.5 Å². The molecule has 0 spiro atoms. The van der Waals surface area contributed by atoms with E-state index >= 15 is 0 Å². The van der Waals surface area contributed by atoms with E-state index in [4.69, 9.17) is 4.74 Å². The van der Waals surface area contributed by atoms with Crippen molar-refractivity contribution in [2.24, 2.45) is 5.92 Å². The van der Waals surface area contributed by atoms with Crippen LogP contribution in [0.1, 0.15) is 55.4 Å². The molecule has 0 aliphatic carbocycles. The van der Waals surface area contributed by atoms with Crippen LogP contribution in [0.4, 0.5) is 0 Å². The van der Waals surface area contributed by atoms with Crippen LogP contribution in [-0.2, 0) is 0 Å². The van der Waals surface area contributed by atoms with Crippen LogP contribution in [0.5, 0.6) is 5.75 Å². The maximum atomic E-state index is 12.8. The van der Waals surface area contributed by atoms with E-state index in [0.29, 0.717) is 18.0 Å². The number of aromatic nitrogens is 1. The third kappa shape index (κ3) is 5.20. The van der Waals surface area contributed by atoms with Crippen LogP contribution in [-0.4, -0.2) is 66.9 Å². The van der Waals surface area contributed by atoms with Gasteiger partial charge in [-0.25, -0.2) is 0 Å². The Morgan fingerprint density at radius 3 is 2.41 bits per heavy atom. The van der Waals surface area contributed by atoms with Gasteiger partial charge in [0.15, 0.2) is 5.78 Å². The summed E-state index contributed by atoms with van der Waals surface area (Å²) in [7, 11) is 1.67. The number of aromatic amines is 1. The van der Waals surface area contributed by atoms with E-state index in [-0.39, 0.29) is 5.78 Å². The second-order valence-electron chi connectivity index (χ2n) is 8.77. The lowest BCUT2D eigenvalue weighted by Gasteiger charge is -2.33. The number of carbonyl (C=O) groups is 1. The third-order valence-corrected chi connectivity index (χ3v) is 6.76. The largest absolute Gasteiger partial charge is 0.496 e. The Morgan fingerprint density at radius 1 is 1.03 bits per heavy atom. The number of nitrogens with one attached hydrogen (secondary N) is 1. The van der Waals surface area contributed by atoms with Gasteiger partial charge in [0.25, 0.3) is 0 Å². The molecule has 5 nitrogen and oxygen atoms in total. The molecule has 0 amide bonds. The number of carbonyl (C=O) groups excluding carboxylic acids is 1. The molecule has 1 aromatic carbocycles. The van der Waals surface area contributed by atoms with E-state index in [1.54, 1.807) is 7.11 Å². The van der Waals surface area contributed by atoms with E-state index in [1.165, 1.54) is 51.9 Å². The first kappa shape index (κ1) is 20.4. The minimum absolute atomic E-state index is 0.228. The molecule has 0 atom stereocenters. The van der Waals surface area contributed by atoms with Crippen LogP contribution in [0, 0.1) is 5.92 Å². The van der Waals surface area contributed by atoms with Crippen molar-refractivity contribution in [2.45, 2.75) is 44.9 Å². The van der Waals surface area contributed by atoms with E-state index in [2.05, 4.69) is 14.8 Å². The van der Waals surface area contributed by atoms with Gasteiger partial charge in [0.1, 0.15) is 5.75 Å². The highest BCUT2D eigenvalue weighted by Crippen LogP contribution is 2.28. The van der Waals surface area contributed by atoms with Crippen LogP contribution in [0.3, 0.4) is 0 Å². The summed E-state index contributed by atoms with van der Waals surface area (Å²) in [5.74, 6) is 1.55. The number of H-pyrrole nitrogens is 1. The summed E-state index contributed by atoms with van der Waals surface area (Å²) in [5.41, 5.74) is 1.68. The zero-order valence-electron chi connectivity index (χ0n) is 17.8. The summed E-state index contributed by atoms with van der Waals surface area (Å²) >= 11 is 0. The first-order valence-corrected chi connectivity index (χ1v) is 11.4. The zero-order valence-corrected chi connectivity index (χ0v) is 17.8. The highest BCUT2D eigenvalue weighted by Gasteiger charge is 2.23. The average molecular weight is 398 g/mol. The second kappa shape index (κ2) is 9.77. The fourth-order valence-electron chi connectivity index (χ4n) is 4.88. The number of Topliss-reactive ketones (excluding diaryl/α,β-unsaturated/α-hetero) is 1. The molecule has 2 saturated heterocycles. The molecule has 2 aliphatic rings. The van der Waals surface area contributed by atoms with Gasteiger partial charge in [0, 0.05) is 30.4 Å². The number of nitrogens with zero attached hydrogens (tertiary/aromatic N) is 2. The molecule has 29 heavy (non-hydrogen) atoms. The number of fused-ring (bicyclic) bond motifs is 1. The Kier molecular flexibility index (Phi) is 6.88. The van der Waals surface area contributed by atoms with Gasteiger partial charge in [-0.05, 0) is 76.0 Å². The van der Waals surface area contributed by atoms with Crippen molar-refractivity contribution in [3.63, 3.8) is 0 Å². The number of piperidine rings is 1. The molecule has 0 unspecified atom stereocenters. The van der Waals surface area contributed by atoms with Gasteiger partial charge in [-0.2, -0.15) is 0 Å². The van der Waals surface area contributed by atoms with E-state index in [0.717, 1.165) is 42.6 Å². The smallest absolute Gasteiger partial charge is 0.179 e. The second-order valence-corrected chi connectivity index (χ2v) is 8.77. The molecule has 0 bridgehead atoms. The minimum Gasteiger partial charge on any atom is -0.496 e. The van der Waals surface area contributed by atoms with Crippen molar-refractivity contribution in [1.82, 2.24) is 14.8 Å². The monoisotopic (exact) mass is 397 g/mol. The molecule has 0 radical (unpaired) electrons. The Morgan fingerprint density at radius 2 is 1.72 bits per heavy atom. The molecule has 2 aliphatic heterocycles. The van der Waals surface area contributed by atoms with Crippen molar-refractivity contribution in [2.75, 3.05) is 46.4 Å². The van der Waals surface area contributed by atoms with Crippen LogP contribution >= 0.6 is 0 Å². The molecule has 3 heterocycles. The molecule has 2 fully saturated rings. The normalized spacial score (nSPS) is 20.0. The number of likely N-dealkylation sites (tertiary alicyclic amines) is 2. The Balaban J connectivity index is 1.24. The van der Waals surface area contributed by atoms with Crippen LogP contribution < -0.4 is 4.74 Å². The topological polar surface area (TPSA) is 48.6 Å². The summed E-state index contributed by atoms with van der Waals surface area (Å²) in [5, 5.41) is 0.988. The Hall–Kier alpha value is -1.85. The van der Waals surface area contributed by atoms with Crippen molar-refractivity contribution >= 4 is 16.7 Å². The lowest BCUT2D eigenvalue weighted by atomic mass is 9.91. The predicted molar refractivity (Wildman–Crippen MR) is 118 cm³/mol. The van der Waals surface area contributed by atoms with Gasteiger partial charge in [-0.1, -0.05) is 18.9 Å². The Labute approximate surface area is 174 Å². The first-order valence-electron chi connectivity index (χ1n) is 11.4. The number of benzene rings is 1. The summed E-state index contributed by atoms with van der Waals surface area (Å²) in [6.45, 7) is 7.21. The van der Waals surface area contributed by atoms with Crippen LogP contribution in [0.15, 0.2) is 24.3 Å². The number of methoxy groups -OCH3 is 1. The number of ether oxygens (including phenoxy) is 1. The van der Waals surface area contributed by atoms with Crippen molar-refractivity contribution in [1.29, 1.82) is 0 Å². The van der Waals surface area contributed by atoms with Crippen molar-refractivity contribution in [3.8, 4) is 5.75 Å². The van der Waals surface area contributed by atoms with Crippen LogP contribution in [0.25, 0.3) is 10.9 Å². The van der Waals surface area contributed by atoms with Crippen molar-refractivity contribution in [3.05, 3.63) is 30.0 Å². The highest BCUT2D eigenvalue weighted by atomic mass is 16.5. The Bertz CT molecular complexity index is 800. The van der Waals surface area contributed by atoms with Gasteiger partial charge >= 0.3 is 0 Å². The molecule has 5 heteroatoms. The predicted octanol–water partition coefficient (Wildman–Crippen LogP) is 4.34. The molecule has 0 saturated carbocycles. The molecule has 2 aromatic rings. The van der Waals surface area contributed by atoms with E-state index < -0.39 is 0 Å². The van der Waals surface area contributed by atoms with Crippen LogP contribution in [0.2, 0.25) is 0 Å². The van der Waals surface area contributed by atoms with Gasteiger partial charge in [-0.3, -0.25) is 4.79 Å². The average Bonchev–Trinajstić information content (AvgIpc) is 3.02. The minimum atomic E-state index is 0.228. The van der Waals surface area contributed by atoms with Gasteiger partial charge in [0.05, 0.1) is 12.8 Å². The molecule has 4 rings (SSSR count). The maximum absolute atomic E-state index is 12.8. The number of ketones is 1. The summed E-state index contributed by atoms with van der Waals surface area (Å²) < 4.78 is 5.42. The number of hydrogen-bond acceptors (Lipinski definition) is 4. The lowest BCUT2D eigenvalue weighted by molar-refractivity contribution is 0.0918. The first-order chi connectivity index (χ1) is 14.2. The molecule has 1 aromatic heterocycles. The third-order valence-electron chi connectivity index (χ3n) is 6.76. The van der Waals surface area contributed by atoms with Gasteiger partial charge in [-0.15, -0.1) is 0 Å². The SMILES string of the molecule is COc1cccc2[nH]c(C(=O)CC3CCN(CCN4CCCCCC4)CC3)cc12. The maximum Gasteiger partial charge on any atom is 0.179 e. The zero-order chi connectivity index (χ0) is 20.1. The lowest BCUT2D eigenvalue weighted by Crippen LogP contribution is -2.40. The molecule has 1 N–H and O–H groups in total. The quantitative estimate of drug-likeness (QED) is 0.706. The number of rotatable bonds is 7. The highest BCUT2D eigenvalue weighted by molar-refractivity contribution is 6.00. The molecular formula is C24H35N3O2. The standard InChI is InChI=1S/C24H35N3O2/c1-29-24-8-6-7-21-20(24)18-22(25-21)23(28)17-19-9-13-27(14-10-19)16-15-26-11-4-2-3-5-12-26/h6-8,18-19,25H,2-5,9-17H2,1H3. The van der Waals surface area contributed by atoms with E-state index in [9.17, 15) is 4.79 Å². The van der Waals surface area contributed by atoms with Gasteiger partial charge in [0.2, 0.25) is 0 Å². The fraction of sp³-hybridized carbons (Fsp3) is 0.625. The summed E-state index contributed by atoms with van der Waals surface area (Å²) in [6.07, 6.45) is 8.45. The summed E-state index contributed by atoms with van der Waals surface area (Å²) in [6, 6.07) is 7.84. The number of hydrogen-bond donors (Lipinski definition) is 1. The van der Waals surface area contributed by atoms with Crippen molar-refractivity contribution < 1.29 is 9.53 Å². The van der Waals surface area contributed by atoms with E-state index in [1.807, 2.05) is 24.3 Å². The fourth-order valence-corrected chi connectivity index (χ4v) is 4.88. The molecular weight excluding hydrogens is 362 g/mol. The molecule has 158 valence electrons.